The number of benzene rings is 2. The molecular weight excluding hydrogens is 322 g/mol. The van der Waals surface area contributed by atoms with Crippen LogP contribution in [0.3, 0.4) is 0 Å². The van der Waals surface area contributed by atoms with Crippen LogP contribution in [-0.4, -0.2) is 24.4 Å². The molecule has 130 valence electrons. The lowest BCUT2D eigenvalue weighted by atomic mass is 10.1. The number of methoxy groups -OCH3 is 1. The highest BCUT2D eigenvalue weighted by molar-refractivity contribution is 6.06. The van der Waals surface area contributed by atoms with E-state index in [1.165, 1.54) is 30.3 Å². The van der Waals surface area contributed by atoms with Gasteiger partial charge in [-0.05, 0) is 42.3 Å². The molecule has 0 radical (unpaired) electrons. The summed E-state index contributed by atoms with van der Waals surface area (Å²) in [5.41, 5.74) is 1.13. The van der Waals surface area contributed by atoms with Gasteiger partial charge in [-0.25, -0.2) is 0 Å². The van der Waals surface area contributed by atoms with Gasteiger partial charge in [0, 0.05) is 17.7 Å². The minimum absolute atomic E-state index is 0.0478. The van der Waals surface area contributed by atoms with E-state index in [-0.39, 0.29) is 11.5 Å². The second kappa shape index (κ2) is 8.63. The highest BCUT2D eigenvalue weighted by atomic mass is 16.6. The maximum absolute atomic E-state index is 12.2. The van der Waals surface area contributed by atoms with Crippen LogP contribution in [0.1, 0.15) is 29.3 Å². The molecule has 0 spiro atoms. The van der Waals surface area contributed by atoms with Crippen LogP contribution in [0.2, 0.25) is 0 Å². The number of carbonyl (C=O) groups excluding carboxylic acids is 1. The second-order valence-electron chi connectivity index (χ2n) is 5.26. The van der Waals surface area contributed by atoms with Gasteiger partial charge in [0.1, 0.15) is 0 Å². The van der Waals surface area contributed by atoms with Crippen molar-refractivity contribution in [3.63, 3.8) is 0 Å². The molecule has 0 amide bonds. The number of allylic oxidation sites excluding steroid dienone is 1. The number of nitrogens with zero attached hydrogens (tertiary/aromatic N) is 1. The van der Waals surface area contributed by atoms with Crippen LogP contribution in [0.5, 0.6) is 11.5 Å². The molecule has 0 atom stereocenters. The van der Waals surface area contributed by atoms with Crippen molar-refractivity contribution < 1.29 is 19.2 Å². The van der Waals surface area contributed by atoms with Crippen molar-refractivity contribution in [1.82, 2.24) is 0 Å². The molecule has 0 N–H and O–H groups in total. The summed E-state index contributed by atoms with van der Waals surface area (Å²) in [6, 6.07) is 10.9. The molecule has 25 heavy (non-hydrogen) atoms. The topological polar surface area (TPSA) is 78.7 Å². The van der Waals surface area contributed by atoms with Crippen LogP contribution in [0.25, 0.3) is 6.08 Å². The van der Waals surface area contributed by atoms with E-state index in [1.807, 2.05) is 13.0 Å². The Morgan fingerprint density at radius 2 is 1.88 bits per heavy atom. The molecule has 0 saturated heterocycles. The second-order valence-corrected chi connectivity index (χ2v) is 5.26. The van der Waals surface area contributed by atoms with Gasteiger partial charge in [0.15, 0.2) is 17.3 Å². The lowest BCUT2D eigenvalue weighted by Crippen LogP contribution is -1.98. The summed E-state index contributed by atoms with van der Waals surface area (Å²) in [6.07, 6.45) is 3.97. The van der Waals surface area contributed by atoms with Gasteiger partial charge in [-0.1, -0.05) is 19.1 Å². The Balaban J connectivity index is 2.14. The number of rotatable bonds is 8. The molecule has 0 unspecified atom stereocenters. The van der Waals surface area contributed by atoms with E-state index >= 15 is 0 Å². The van der Waals surface area contributed by atoms with Crippen LogP contribution < -0.4 is 9.47 Å². The zero-order chi connectivity index (χ0) is 18.2. The molecule has 0 saturated carbocycles. The quantitative estimate of drug-likeness (QED) is 0.310. The average molecular weight is 341 g/mol. The number of non-ortho nitro benzene ring substituents is 1. The number of ether oxygens (including phenoxy) is 2. The molecule has 2 aromatic carbocycles. The van der Waals surface area contributed by atoms with Crippen molar-refractivity contribution >= 4 is 17.5 Å². The van der Waals surface area contributed by atoms with Crippen molar-refractivity contribution in [1.29, 1.82) is 0 Å². The van der Waals surface area contributed by atoms with E-state index in [4.69, 9.17) is 9.47 Å². The normalized spacial score (nSPS) is 10.6. The molecule has 0 aromatic heterocycles. The first-order valence-electron chi connectivity index (χ1n) is 7.83. The fourth-order valence-corrected chi connectivity index (χ4v) is 2.14. The summed E-state index contributed by atoms with van der Waals surface area (Å²) in [5.74, 6) is 1.02. The molecule has 0 bridgehead atoms. The smallest absolute Gasteiger partial charge is 0.269 e. The third-order valence-electron chi connectivity index (χ3n) is 3.44. The van der Waals surface area contributed by atoms with E-state index < -0.39 is 4.92 Å². The van der Waals surface area contributed by atoms with Crippen LogP contribution in [-0.2, 0) is 0 Å². The maximum Gasteiger partial charge on any atom is 0.269 e. The van der Waals surface area contributed by atoms with E-state index in [9.17, 15) is 14.9 Å². The average Bonchev–Trinajstić information content (AvgIpc) is 2.64. The van der Waals surface area contributed by atoms with Gasteiger partial charge in [0.25, 0.3) is 5.69 Å². The van der Waals surface area contributed by atoms with Crippen LogP contribution >= 0.6 is 0 Å². The number of nitro groups is 1. The number of hydrogen-bond acceptors (Lipinski definition) is 5. The third kappa shape index (κ3) is 4.91. The summed E-state index contributed by atoms with van der Waals surface area (Å²) < 4.78 is 10.9. The van der Waals surface area contributed by atoms with Gasteiger partial charge in [0.05, 0.1) is 18.6 Å². The Hall–Kier alpha value is -3.15. The molecule has 6 heteroatoms. The minimum atomic E-state index is -0.501. The highest BCUT2D eigenvalue weighted by Crippen LogP contribution is 2.28. The van der Waals surface area contributed by atoms with Crippen LogP contribution in [0.4, 0.5) is 5.69 Å². The first-order chi connectivity index (χ1) is 12.0. The lowest BCUT2D eigenvalue weighted by Gasteiger charge is -2.10. The zero-order valence-corrected chi connectivity index (χ0v) is 14.1. The summed E-state index contributed by atoms with van der Waals surface area (Å²) >= 11 is 0. The number of carbonyl (C=O) groups is 1. The van der Waals surface area contributed by atoms with Gasteiger partial charge in [-0.15, -0.1) is 0 Å². The SMILES string of the molecule is CCCOc1cc(/C=C/C(=O)c2ccc([N+](=O)[O-])cc2)ccc1OC. The van der Waals surface area contributed by atoms with Gasteiger partial charge >= 0.3 is 0 Å². The molecule has 0 heterocycles. The van der Waals surface area contributed by atoms with Crippen molar-refractivity contribution in [2.24, 2.45) is 0 Å². The Morgan fingerprint density at radius 1 is 1.16 bits per heavy atom. The van der Waals surface area contributed by atoms with Gasteiger partial charge in [0.2, 0.25) is 0 Å². The zero-order valence-electron chi connectivity index (χ0n) is 14.1. The fourth-order valence-electron chi connectivity index (χ4n) is 2.14. The minimum Gasteiger partial charge on any atom is -0.493 e. The van der Waals surface area contributed by atoms with E-state index in [0.717, 1.165) is 12.0 Å². The summed E-state index contributed by atoms with van der Waals surface area (Å²) in [4.78, 5) is 22.3. The van der Waals surface area contributed by atoms with Crippen LogP contribution in [0, 0.1) is 10.1 Å². The number of ketones is 1. The van der Waals surface area contributed by atoms with Crippen LogP contribution in [0.15, 0.2) is 48.5 Å². The fraction of sp³-hybridized carbons (Fsp3) is 0.211. The van der Waals surface area contributed by atoms with E-state index in [0.29, 0.717) is 23.7 Å². The number of hydrogen-bond donors (Lipinski definition) is 0. The third-order valence-corrected chi connectivity index (χ3v) is 3.44. The molecule has 2 aromatic rings. The van der Waals surface area contributed by atoms with Crippen molar-refractivity contribution in [3.8, 4) is 11.5 Å². The Morgan fingerprint density at radius 3 is 2.48 bits per heavy atom. The van der Waals surface area contributed by atoms with Crippen molar-refractivity contribution in [2.75, 3.05) is 13.7 Å². The molecule has 0 aliphatic rings. The number of nitro benzene ring substituents is 1. The molecule has 0 aliphatic heterocycles. The van der Waals surface area contributed by atoms with Crippen molar-refractivity contribution in [2.45, 2.75) is 13.3 Å². The standard InChI is InChI=1S/C19H19NO5/c1-3-12-25-19-13-14(5-11-18(19)24-2)4-10-17(21)15-6-8-16(9-7-15)20(22)23/h4-11,13H,3,12H2,1-2H3/b10-4+. The first-order valence-corrected chi connectivity index (χ1v) is 7.83. The molecule has 0 aliphatic carbocycles. The predicted molar refractivity (Wildman–Crippen MR) is 95.2 cm³/mol. The first kappa shape index (κ1) is 18.2. The van der Waals surface area contributed by atoms with Gasteiger partial charge in [-0.2, -0.15) is 0 Å². The summed E-state index contributed by atoms with van der Waals surface area (Å²) in [6.45, 7) is 2.59. The predicted octanol–water partition coefficient (Wildman–Crippen LogP) is 4.29. The highest BCUT2D eigenvalue weighted by Gasteiger charge is 2.08. The van der Waals surface area contributed by atoms with Crippen molar-refractivity contribution in [3.05, 3.63) is 69.8 Å². The molecule has 0 fully saturated rings. The Kier molecular flexibility index (Phi) is 6.28. The van der Waals surface area contributed by atoms with Gasteiger partial charge < -0.3 is 9.47 Å². The summed E-state index contributed by atoms with van der Waals surface area (Å²) in [5, 5.41) is 10.6. The summed E-state index contributed by atoms with van der Waals surface area (Å²) in [7, 11) is 1.57. The maximum atomic E-state index is 12.2. The Bertz CT molecular complexity index is 781. The van der Waals surface area contributed by atoms with E-state index in [2.05, 4.69) is 0 Å². The largest absolute Gasteiger partial charge is 0.493 e. The monoisotopic (exact) mass is 341 g/mol. The molecule has 6 nitrogen and oxygen atoms in total. The molecule has 2 rings (SSSR count). The lowest BCUT2D eigenvalue weighted by molar-refractivity contribution is -0.384. The Labute approximate surface area is 145 Å². The molecular formula is C19H19NO5. The van der Waals surface area contributed by atoms with Gasteiger partial charge in [-0.3, -0.25) is 14.9 Å². The van der Waals surface area contributed by atoms with E-state index in [1.54, 1.807) is 25.3 Å².